The molecule has 1 aliphatic carbocycles. The fraction of sp³-hybridized carbons (Fsp3) is 0.571. The minimum atomic E-state index is -0.129. The number of halogens is 1. The summed E-state index contributed by atoms with van der Waals surface area (Å²) in [4.78, 5) is 1.80. The molecule has 0 aromatic heterocycles. The Morgan fingerprint density at radius 2 is 2.06 bits per heavy atom. The van der Waals surface area contributed by atoms with E-state index < -0.39 is 0 Å². The number of hydrogen-bond donors (Lipinski definition) is 1. The van der Waals surface area contributed by atoms with Gasteiger partial charge >= 0.3 is 0 Å². The maximum Gasteiger partial charge on any atom is 0.146 e. The molecule has 0 spiro atoms. The van der Waals surface area contributed by atoms with Crippen molar-refractivity contribution in [3.8, 4) is 0 Å². The second-order valence-corrected chi connectivity index (χ2v) is 5.23. The Labute approximate surface area is 103 Å². The van der Waals surface area contributed by atoms with Crippen molar-refractivity contribution < 1.29 is 4.39 Å². The van der Waals surface area contributed by atoms with E-state index in [4.69, 9.17) is 5.73 Å². The van der Waals surface area contributed by atoms with Crippen molar-refractivity contribution in [2.75, 3.05) is 25.5 Å². The number of anilines is 1. The first-order valence-corrected chi connectivity index (χ1v) is 6.26. The summed E-state index contributed by atoms with van der Waals surface area (Å²) in [6.45, 7) is 0.678. The van der Waals surface area contributed by atoms with Gasteiger partial charge in [0.15, 0.2) is 0 Å². The van der Waals surface area contributed by atoms with E-state index in [0.717, 1.165) is 24.8 Å². The Balaban J connectivity index is 2.30. The van der Waals surface area contributed by atoms with Gasteiger partial charge in [-0.1, -0.05) is 12.5 Å². The van der Waals surface area contributed by atoms with Crippen molar-refractivity contribution in [3.63, 3.8) is 0 Å². The van der Waals surface area contributed by atoms with Crippen LogP contribution in [0.5, 0.6) is 0 Å². The van der Waals surface area contributed by atoms with Gasteiger partial charge in [0, 0.05) is 14.1 Å². The number of hydrogen-bond acceptors (Lipinski definition) is 2. The molecule has 1 aliphatic rings. The van der Waals surface area contributed by atoms with E-state index in [2.05, 4.69) is 6.07 Å². The average Bonchev–Trinajstić information content (AvgIpc) is 2.22. The summed E-state index contributed by atoms with van der Waals surface area (Å²) in [6.07, 6.45) is 4.49. The fourth-order valence-electron chi connectivity index (χ4n) is 2.76. The van der Waals surface area contributed by atoms with Gasteiger partial charge in [0.2, 0.25) is 0 Å². The highest BCUT2D eigenvalue weighted by Gasteiger charge is 2.38. The molecule has 1 aromatic rings. The van der Waals surface area contributed by atoms with Crippen LogP contribution < -0.4 is 10.6 Å². The standard InChI is InChI=1S/C14H21FN2/c1-17(2)13-5-4-11(10-12(13)15)14(8-9-16)6-3-7-14/h4-5,10H,3,6-9,16H2,1-2H3. The van der Waals surface area contributed by atoms with Crippen LogP contribution >= 0.6 is 0 Å². The monoisotopic (exact) mass is 236 g/mol. The third-order valence-electron chi connectivity index (χ3n) is 3.98. The van der Waals surface area contributed by atoms with Crippen LogP contribution in [-0.2, 0) is 5.41 Å². The molecule has 0 unspecified atom stereocenters. The van der Waals surface area contributed by atoms with E-state index >= 15 is 0 Å². The highest BCUT2D eigenvalue weighted by molar-refractivity contribution is 5.49. The maximum absolute atomic E-state index is 14.0. The largest absolute Gasteiger partial charge is 0.375 e. The van der Waals surface area contributed by atoms with Crippen LogP contribution in [0.2, 0.25) is 0 Å². The first-order valence-electron chi connectivity index (χ1n) is 6.26. The lowest BCUT2D eigenvalue weighted by atomic mass is 9.62. The number of rotatable bonds is 4. The smallest absolute Gasteiger partial charge is 0.146 e. The molecule has 17 heavy (non-hydrogen) atoms. The maximum atomic E-state index is 14.0. The van der Waals surface area contributed by atoms with Crippen molar-refractivity contribution in [2.24, 2.45) is 5.73 Å². The van der Waals surface area contributed by atoms with Crippen LogP contribution in [0.25, 0.3) is 0 Å². The van der Waals surface area contributed by atoms with Gasteiger partial charge < -0.3 is 10.6 Å². The summed E-state index contributed by atoms with van der Waals surface area (Å²) in [7, 11) is 3.72. The summed E-state index contributed by atoms with van der Waals surface area (Å²) in [5.74, 6) is -0.129. The van der Waals surface area contributed by atoms with Crippen LogP contribution in [0.4, 0.5) is 10.1 Å². The third kappa shape index (κ3) is 2.16. The molecule has 0 aliphatic heterocycles. The fourth-order valence-corrected chi connectivity index (χ4v) is 2.76. The van der Waals surface area contributed by atoms with Crippen LogP contribution in [-0.4, -0.2) is 20.6 Å². The first-order chi connectivity index (χ1) is 8.09. The predicted molar refractivity (Wildman–Crippen MR) is 69.9 cm³/mol. The molecule has 0 atom stereocenters. The summed E-state index contributed by atoms with van der Waals surface area (Å²) in [5, 5.41) is 0. The number of nitrogens with two attached hydrogens (primary N) is 1. The van der Waals surface area contributed by atoms with Gasteiger partial charge in [0.25, 0.3) is 0 Å². The number of nitrogens with zero attached hydrogens (tertiary/aromatic N) is 1. The molecule has 2 rings (SSSR count). The van der Waals surface area contributed by atoms with Gasteiger partial charge in [-0.05, 0) is 48.9 Å². The van der Waals surface area contributed by atoms with Gasteiger partial charge in [0.05, 0.1) is 5.69 Å². The molecule has 94 valence electrons. The zero-order valence-corrected chi connectivity index (χ0v) is 10.7. The summed E-state index contributed by atoms with van der Waals surface area (Å²) in [5.41, 5.74) is 7.60. The Morgan fingerprint density at radius 1 is 1.35 bits per heavy atom. The summed E-state index contributed by atoms with van der Waals surface area (Å²) < 4.78 is 14.0. The lowest BCUT2D eigenvalue weighted by Crippen LogP contribution is -2.36. The Kier molecular flexibility index (Phi) is 3.38. The average molecular weight is 236 g/mol. The van der Waals surface area contributed by atoms with Crippen LogP contribution in [0, 0.1) is 5.82 Å². The molecule has 2 N–H and O–H groups in total. The molecule has 1 saturated carbocycles. The van der Waals surface area contributed by atoms with Gasteiger partial charge in [-0.15, -0.1) is 0 Å². The van der Waals surface area contributed by atoms with Crippen molar-refractivity contribution in [3.05, 3.63) is 29.6 Å². The van der Waals surface area contributed by atoms with Crippen LogP contribution in [0.15, 0.2) is 18.2 Å². The zero-order valence-electron chi connectivity index (χ0n) is 10.7. The lowest BCUT2D eigenvalue weighted by molar-refractivity contribution is 0.229. The molecule has 0 saturated heterocycles. The molecule has 0 bridgehead atoms. The molecular weight excluding hydrogens is 215 g/mol. The number of benzene rings is 1. The zero-order chi connectivity index (χ0) is 12.5. The van der Waals surface area contributed by atoms with Gasteiger partial charge in [-0.2, -0.15) is 0 Å². The van der Waals surface area contributed by atoms with E-state index in [9.17, 15) is 4.39 Å². The quantitative estimate of drug-likeness (QED) is 0.871. The van der Waals surface area contributed by atoms with Crippen molar-refractivity contribution in [1.82, 2.24) is 0 Å². The van der Waals surface area contributed by atoms with E-state index in [-0.39, 0.29) is 11.2 Å². The van der Waals surface area contributed by atoms with E-state index in [1.807, 2.05) is 20.2 Å². The Bertz CT molecular complexity index is 397. The highest BCUT2D eigenvalue weighted by atomic mass is 19.1. The molecule has 0 amide bonds. The van der Waals surface area contributed by atoms with E-state index in [1.165, 1.54) is 6.42 Å². The molecular formula is C14H21FN2. The molecule has 3 heteroatoms. The minimum Gasteiger partial charge on any atom is -0.375 e. The Hall–Kier alpha value is -1.09. The van der Waals surface area contributed by atoms with Gasteiger partial charge in [0.1, 0.15) is 5.82 Å². The van der Waals surface area contributed by atoms with Gasteiger partial charge in [-0.3, -0.25) is 0 Å². The van der Waals surface area contributed by atoms with E-state index in [1.54, 1.807) is 11.0 Å². The van der Waals surface area contributed by atoms with Crippen molar-refractivity contribution >= 4 is 5.69 Å². The second kappa shape index (κ2) is 4.65. The minimum absolute atomic E-state index is 0.129. The molecule has 1 aromatic carbocycles. The topological polar surface area (TPSA) is 29.3 Å². The second-order valence-electron chi connectivity index (χ2n) is 5.23. The normalized spacial score (nSPS) is 17.6. The first kappa shape index (κ1) is 12.4. The lowest BCUT2D eigenvalue weighted by Gasteiger charge is -2.42. The molecule has 2 nitrogen and oxygen atoms in total. The predicted octanol–water partition coefficient (Wildman–Crippen LogP) is 2.66. The SMILES string of the molecule is CN(C)c1ccc(C2(CCN)CCC2)cc1F. The van der Waals surface area contributed by atoms with E-state index in [0.29, 0.717) is 12.2 Å². The summed E-state index contributed by atoms with van der Waals surface area (Å²) in [6, 6.07) is 5.64. The van der Waals surface area contributed by atoms with Gasteiger partial charge in [-0.25, -0.2) is 4.39 Å². The third-order valence-corrected chi connectivity index (χ3v) is 3.98. The van der Waals surface area contributed by atoms with Crippen LogP contribution in [0.1, 0.15) is 31.2 Å². The Morgan fingerprint density at radius 3 is 2.47 bits per heavy atom. The molecule has 1 fully saturated rings. The summed E-state index contributed by atoms with van der Waals surface area (Å²) >= 11 is 0. The van der Waals surface area contributed by atoms with Crippen LogP contribution in [0.3, 0.4) is 0 Å². The molecule has 0 radical (unpaired) electrons. The van der Waals surface area contributed by atoms with Crippen molar-refractivity contribution in [1.29, 1.82) is 0 Å². The van der Waals surface area contributed by atoms with Crippen molar-refractivity contribution in [2.45, 2.75) is 31.1 Å². The molecule has 0 heterocycles. The highest BCUT2D eigenvalue weighted by Crippen LogP contribution is 2.46.